The number of rotatable bonds is 8. The average molecular weight is 538 g/mol. The highest BCUT2D eigenvalue weighted by atomic mass is 32.2. The van der Waals surface area contributed by atoms with Crippen LogP contribution >= 0.6 is 11.8 Å². The Labute approximate surface area is 226 Å². The molecule has 1 amide bonds. The minimum absolute atomic E-state index is 0.0443. The molecule has 0 radical (unpaired) electrons. The van der Waals surface area contributed by atoms with Crippen molar-refractivity contribution in [3.05, 3.63) is 77.2 Å². The maximum absolute atomic E-state index is 14.2. The van der Waals surface area contributed by atoms with Crippen LogP contribution in [0.5, 0.6) is 0 Å². The number of aromatic nitrogens is 2. The number of carbonyl (C=O) groups excluding carboxylic acids is 1. The molecule has 10 heteroatoms. The van der Waals surface area contributed by atoms with Crippen LogP contribution in [-0.4, -0.2) is 80.4 Å². The van der Waals surface area contributed by atoms with Crippen molar-refractivity contribution in [2.24, 2.45) is 0 Å². The number of piperazine rings is 1. The first-order chi connectivity index (χ1) is 18.6. The molecule has 0 aliphatic carbocycles. The van der Waals surface area contributed by atoms with Gasteiger partial charge in [0.05, 0.1) is 31.2 Å². The van der Waals surface area contributed by atoms with E-state index in [0.29, 0.717) is 68.2 Å². The summed E-state index contributed by atoms with van der Waals surface area (Å²) < 4.78 is 24.9. The zero-order valence-corrected chi connectivity index (χ0v) is 22.3. The van der Waals surface area contributed by atoms with Gasteiger partial charge in [0.2, 0.25) is 0 Å². The van der Waals surface area contributed by atoms with Gasteiger partial charge in [-0.3, -0.25) is 4.79 Å². The molecule has 8 nitrogen and oxygen atoms in total. The molecule has 0 saturated carbocycles. The van der Waals surface area contributed by atoms with Crippen LogP contribution < -0.4 is 9.80 Å². The van der Waals surface area contributed by atoms with E-state index in [1.165, 1.54) is 6.07 Å². The molecular formula is C28H32FN5O3S. The minimum Gasteiger partial charge on any atom is -0.378 e. The number of anilines is 2. The maximum atomic E-state index is 14.2. The number of morpholine rings is 1. The highest BCUT2D eigenvalue weighted by molar-refractivity contribution is 7.98. The van der Waals surface area contributed by atoms with Crippen molar-refractivity contribution in [1.82, 2.24) is 14.9 Å². The SMILES string of the molecule is COCc1cc(N2CCN(c3ccccc3F)CC2)nc(SCc2ccc(C(=O)N3CCOCC3)cc2)n1. The van der Waals surface area contributed by atoms with Crippen LogP contribution in [0, 0.1) is 5.82 Å². The lowest BCUT2D eigenvalue weighted by molar-refractivity contribution is 0.0303. The number of amides is 1. The summed E-state index contributed by atoms with van der Waals surface area (Å²) in [5.41, 5.74) is 3.25. The topological polar surface area (TPSA) is 71.0 Å². The van der Waals surface area contributed by atoms with Gasteiger partial charge in [0.15, 0.2) is 5.16 Å². The number of para-hydroxylation sites is 1. The first-order valence-corrected chi connectivity index (χ1v) is 13.8. The van der Waals surface area contributed by atoms with Gasteiger partial charge in [-0.2, -0.15) is 0 Å². The summed E-state index contributed by atoms with van der Waals surface area (Å²) in [6.07, 6.45) is 0. The second-order valence-corrected chi connectivity index (χ2v) is 10.2. The lowest BCUT2D eigenvalue weighted by atomic mass is 10.1. The Hall–Kier alpha value is -3.21. The van der Waals surface area contributed by atoms with Gasteiger partial charge in [-0.1, -0.05) is 36.0 Å². The molecule has 0 bridgehead atoms. The largest absolute Gasteiger partial charge is 0.378 e. The van der Waals surface area contributed by atoms with Gasteiger partial charge in [-0.05, 0) is 29.8 Å². The molecule has 0 unspecified atom stereocenters. The molecule has 1 aromatic heterocycles. The van der Waals surface area contributed by atoms with Gasteiger partial charge in [-0.25, -0.2) is 14.4 Å². The molecule has 2 fully saturated rings. The summed E-state index contributed by atoms with van der Waals surface area (Å²) in [5, 5.41) is 0.680. The van der Waals surface area contributed by atoms with Gasteiger partial charge in [0.1, 0.15) is 11.6 Å². The fourth-order valence-corrected chi connectivity index (χ4v) is 5.46. The Morgan fingerprint density at radius 1 is 0.974 bits per heavy atom. The molecule has 2 aliphatic heterocycles. The molecule has 2 aliphatic rings. The van der Waals surface area contributed by atoms with Crippen molar-refractivity contribution >= 4 is 29.2 Å². The lowest BCUT2D eigenvalue weighted by Gasteiger charge is -2.37. The summed E-state index contributed by atoms with van der Waals surface area (Å²) >= 11 is 1.56. The Morgan fingerprint density at radius 2 is 1.68 bits per heavy atom. The number of thioether (sulfide) groups is 1. The normalized spacial score (nSPS) is 16.1. The molecular weight excluding hydrogens is 505 g/mol. The Balaban J connectivity index is 1.22. The van der Waals surface area contributed by atoms with Crippen molar-refractivity contribution in [2.75, 3.05) is 69.4 Å². The van der Waals surface area contributed by atoms with E-state index in [0.717, 1.165) is 30.2 Å². The predicted octanol–water partition coefficient (Wildman–Crippen LogP) is 3.85. The molecule has 5 rings (SSSR count). The number of ether oxygens (including phenoxy) is 2. The highest BCUT2D eigenvalue weighted by Crippen LogP contribution is 2.26. The molecule has 2 saturated heterocycles. The Bertz CT molecular complexity index is 1230. The quantitative estimate of drug-likeness (QED) is 0.317. The molecule has 2 aromatic carbocycles. The van der Waals surface area contributed by atoms with Crippen molar-refractivity contribution < 1.29 is 18.7 Å². The first kappa shape index (κ1) is 26.4. The molecule has 38 heavy (non-hydrogen) atoms. The van der Waals surface area contributed by atoms with E-state index in [1.54, 1.807) is 24.9 Å². The zero-order valence-electron chi connectivity index (χ0n) is 21.5. The van der Waals surface area contributed by atoms with Crippen LogP contribution in [0.1, 0.15) is 21.6 Å². The Kier molecular flexibility index (Phi) is 8.72. The fourth-order valence-electron chi connectivity index (χ4n) is 4.63. The monoisotopic (exact) mass is 537 g/mol. The number of methoxy groups -OCH3 is 1. The number of nitrogens with zero attached hydrogens (tertiary/aromatic N) is 5. The van der Waals surface area contributed by atoms with Crippen molar-refractivity contribution in [3.63, 3.8) is 0 Å². The fraction of sp³-hybridized carbons (Fsp3) is 0.393. The van der Waals surface area contributed by atoms with Crippen molar-refractivity contribution in [2.45, 2.75) is 17.5 Å². The van der Waals surface area contributed by atoms with Gasteiger partial charge >= 0.3 is 0 Å². The van der Waals surface area contributed by atoms with E-state index < -0.39 is 0 Å². The minimum atomic E-state index is -0.192. The van der Waals surface area contributed by atoms with E-state index in [1.807, 2.05) is 47.4 Å². The van der Waals surface area contributed by atoms with Crippen LogP contribution in [0.25, 0.3) is 0 Å². The summed E-state index contributed by atoms with van der Waals surface area (Å²) in [6.45, 7) is 5.73. The number of halogens is 1. The van der Waals surface area contributed by atoms with Crippen molar-refractivity contribution in [3.8, 4) is 0 Å². The number of carbonyl (C=O) groups is 1. The number of hydrogen-bond acceptors (Lipinski definition) is 8. The molecule has 3 aromatic rings. The van der Waals surface area contributed by atoms with Gasteiger partial charge in [0.25, 0.3) is 5.91 Å². The molecule has 0 atom stereocenters. The molecule has 0 N–H and O–H groups in total. The standard InChI is InChI=1S/C28H32FN5O3S/c1-36-19-23-18-26(33-12-10-32(11-13-33)25-5-3-2-4-24(25)29)31-28(30-23)38-20-21-6-8-22(9-7-21)27(35)34-14-16-37-17-15-34/h2-9,18H,10-17,19-20H2,1H3. The van der Waals surface area contributed by atoms with Crippen LogP contribution in [-0.2, 0) is 21.8 Å². The first-order valence-electron chi connectivity index (χ1n) is 12.8. The Morgan fingerprint density at radius 3 is 2.39 bits per heavy atom. The summed E-state index contributed by atoms with van der Waals surface area (Å²) in [4.78, 5) is 28.3. The summed E-state index contributed by atoms with van der Waals surface area (Å²) in [6, 6.07) is 16.6. The van der Waals surface area contributed by atoms with Crippen LogP contribution in [0.3, 0.4) is 0 Å². The third kappa shape index (κ3) is 6.43. The average Bonchev–Trinajstić information content (AvgIpc) is 2.97. The number of hydrogen-bond donors (Lipinski definition) is 0. The van der Waals surface area contributed by atoms with Gasteiger partial charge in [-0.15, -0.1) is 0 Å². The van der Waals surface area contributed by atoms with E-state index in [-0.39, 0.29) is 11.7 Å². The molecule has 3 heterocycles. The smallest absolute Gasteiger partial charge is 0.254 e. The third-order valence-corrected chi connectivity index (χ3v) is 7.62. The number of benzene rings is 2. The lowest BCUT2D eigenvalue weighted by Crippen LogP contribution is -2.47. The van der Waals surface area contributed by atoms with Crippen LogP contribution in [0.15, 0.2) is 59.8 Å². The molecule has 0 spiro atoms. The maximum Gasteiger partial charge on any atom is 0.254 e. The zero-order chi connectivity index (χ0) is 26.3. The van der Waals surface area contributed by atoms with E-state index >= 15 is 0 Å². The third-order valence-electron chi connectivity index (χ3n) is 6.70. The van der Waals surface area contributed by atoms with E-state index in [9.17, 15) is 9.18 Å². The highest BCUT2D eigenvalue weighted by Gasteiger charge is 2.22. The van der Waals surface area contributed by atoms with Crippen LogP contribution in [0.4, 0.5) is 15.9 Å². The molecule has 200 valence electrons. The second-order valence-electron chi connectivity index (χ2n) is 9.25. The second kappa shape index (κ2) is 12.6. The van der Waals surface area contributed by atoms with Gasteiger partial charge < -0.3 is 24.2 Å². The predicted molar refractivity (Wildman–Crippen MR) is 146 cm³/mol. The van der Waals surface area contributed by atoms with Gasteiger partial charge in [0, 0.05) is 63.8 Å². The van der Waals surface area contributed by atoms with E-state index in [4.69, 9.17) is 14.5 Å². The van der Waals surface area contributed by atoms with Crippen LogP contribution in [0.2, 0.25) is 0 Å². The summed E-state index contributed by atoms with van der Waals surface area (Å²) in [7, 11) is 1.65. The van der Waals surface area contributed by atoms with Crippen molar-refractivity contribution in [1.29, 1.82) is 0 Å². The van der Waals surface area contributed by atoms with E-state index in [2.05, 4.69) is 14.8 Å². The summed E-state index contributed by atoms with van der Waals surface area (Å²) in [5.74, 6) is 1.39.